The van der Waals surface area contributed by atoms with Crippen LogP contribution in [0.5, 0.6) is 0 Å². The van der Waals surface area contributed by atoms with Gasteiger partial charge in [-0.05, 0) is 53.8 Å². The molecule has 0 aliphatic heterocycles. The van der Waals surface area contributed by atoms with Crippen LogP contribution in [-0.4, -0.2) is 0 Å². The van der Waals surface area contributed by atoms with Crippen LogP contribution in [0.15, 0.2) is 34.4 Å². The van der Waals surface area contributed by atoms with Gasteiger partial charge in [0.15, 0.2) is 0 Å². The Morgan fingerprint density at radius 2 is 2.00 bits per heavy atom. The van der Waals surface area contributed by atoms with Gasteiger partial charge in [0.2, 0.25) is 0 Å². The predicted octanol–water partition coefficient (Wildman–Crippen LogP) is 4.83. The summed E-state index contributed by atoms with van der Waals surface area (Å²) in [5.41, 5.74) is 1.77. The second-order valence-corrected chi connectivity index (χ2v) is 7.06. The Hall–Kier alpha value is -0.300. The largest absolute Gasteiger partial charge is 0.0879 e. The Kier molecular flexibility index (Phi) is 2.40. The molecule has 4 aliphatic carbocycles. The first-order chi connectivity index (χ1) is 8.36. The second kappa shape index (κ2) is 3.85. The molecule has 0 radical (unpaired) electrons. The Morgan fingerprint density at radius 3 is 2.94 bits per heavy atom. The van der Waals surface area contributed by atoms with Crippen LogP contribution in [0.4, 0.5) is 0 Å². The van der Waals surface area contributed by atoms with Gasteiger partial charge in [0.05, 0.1) is 0 Å². The lowest BCUT2D eigenvalue weighted by Crippen LogP contribution is -2.29. The number of fused-ring (bicyclic) bond motifs is 3. The van der Waals surface area contributed by atoms with Crippen molar-refractivity contribution in [3.8, 4) is 0 Å². The summed E-state index contributed by atoms with van der Waals surface area (Å²) in [5, 5.41) is 0. The maximum atomic E-state index is 3.81. The van der Waals surface area contributed by atoms with Crippen molar-refractivity contribution in [1.82, 2.24) is 0 Å². The quantitative estimate of drug-likeness (QED) is 0.561. The van der Waals surface area contributed by atoms with Gasteiger partial charge in [0, 0.05) is 5.92 Å². The summed E-state index contributed by atoms with van der Waals surface area (Å²) < 4.78 is 1.47. The number of hydrogen-bond donors (Lipinski definition) is 0. The van der Waals surface area contributed by atoms with Gasteiger partial charge in [-0.3, -0.25) is 0 Å². The highest BCUT2D eigenvalue weighted by atomic mass is 79.9. The van der Waals surface area contributed by atoms with Gasteiger partial charge >= 0.3 is 0 Å². The van der Waals surface area contributed by atoms with Gasteiger partial charge < -0.3 is 0 Å². The normalized spacial score (nSPS) is 47.0. The van der Waals surface area contributed by atoms with Crippen LogP contribution < -0.4 is 0 Å². The predicted molar refractivity (Wildman–Crippen MR) is 74.8 cm³/mol. The molecule has 5 atom stereocenters. The fraction of sp³-hybridized carbons (Fsp3) is 0.625. The first-order valence-corrected chi connectivity index (χ1v) is 7.89. The molecule has 1 heteroatoms. The van der Waals surface area contributed by atoms with E-state index in [-0.39, 0.29) is 0 Å². The fourth-order valence-corrected chi connectivity index (χ4v) is 5.58. The van der Waals surface area contributed by atoms with E-state index in [2.05, 4.69) is 40.2 Å². The van der Waals surface area contributed by atoms with E-state index in [1.807, 2.05) is 0 Å². The topological polar surface area (TPSA) is 0 Å². The number of allylic oxidation sites excluding steroid dienone is 6. The molecule has 0 N–H and O–H groups in total. The summed E-state index contributed by atoms with van der Waals surface area (Å²) in [6.45, 7) is 0. The molecular weight excluding hydrogens is 272 g/mol. The van der Waals surface area contributed by atoms with Crippen molar-refractivity contribution in [3.63, 3.8) is 0 Å². The highest BCUT2D eigenvalue weighted by Crippen LogP contribution is 2.60. The van der Waals surface area contributed by atoms with Crippen molar-refractivity contribution in [1.29, 1.82) is 0 Å². The molecular formula is C16H19Br. The van der Waals surface area contributed by atoms with Gasteiger partial charge in [0.25, 0.3) is 0 Å². The summed E-state index contributed by atoms with van der Waals surface area (Å²) in [7, 11) is 0. The first kappa shape index (κ1) is 10.6. The van der Waals surface area contributed by atoms with Gasteiger partial charge in [-0.1, -0.05) is 52.2 Å². The minimum atomic E-state index is 0.788. The molecule has 17 heavy (non-hydrogen) atoms. The number of rotatable bonds is 0. The average molecular weight is 291 g/mol. The van der Waals surface area contributed by atoms with Crippen molar-refractivity contribution in [2.75, 3.05) is 0 Å². The lowest BCUT2D eigenvalue weighted by molar-refractivity contribution is 0.181. The monoisotopic (exact) mass is 290 g/mol. The molecule has 0 heterocycles. The van der Waals surface area contributed by atoms with Gasteiger partial charge in [-0.2, -0.15) is 0 Å². The summed E-state index contributed by atoms with van der Waals surface area (Å²) in [6, 6.07) is 0. The Bertz CT molecular complexity index is 429. The van der Waals surface area contributed by atoms with Crippen LogP contribution >= 0.6 is 15.9 Å². The second-order valence-electron chi connectivity index (χ2n) is 6.14. The van der Waals surface area contributed by atoms with E-state index in [0.29, 0.717) is 0 Å². The summed E-state index contributed by atoms with van der Waals surface area (Å²) >= 11 is 3.81. The van der Waals surface area contributed by atoms with Crippen LogP contribution in [0.2, 0.25) is 0 Å². The molecule has 2 saturated carbocycles. The van der Waals surface area contributed by atoms with E-state index < -0.39 is 0 Å². The minimum absolute atomic E-state index is 0.788. The maximum Gasteiger partial charge on any atom is 0.00142 e. The lowest BCUT2D eigenvalue weighted by atomic mass is 9.69. The molecule has 4 rings (SSSR count). The molecule has 0 amide bonds. The third-order valence-electron chi connectivity index (χ3n) is 5.53. The van der Waals surface area contributed by atoms with Gasteiger partial charge in [0.1, 0.15) is 0 Å². The van der Waals surface area contributed by atoms with Crippen molar-refractivity contribution in [2.24, 2.45) is 29.6 Å². The fourth-order valence-electron chi connectivity index (χ4n) is 4.94. The average Bonchev–Trinajstić information content (AvgIpc) is 2.70. The first-order valence-electron chi connectivity index (χ1n) is 7.10. The highest BCUT2D eigenvalue weighted by molar-refractivity contribution is 9.11. The summed E-state index contributed by atoms with van der Waals surface area (Å²) in [4.78, 5) is 0. The Labute approximate surface area is 112 Å². The van der Waals surface area contributed by atoms with E-state index in [1.54, 1.807) is 5.57 Å². The van der Waals surface area contributed by atoms with Crippen molar-refractivity contribution in [3.05, 3.63) is 34.4 Å². The molecule has 5 unspecified atom stereocenters. The molecule has 0 aromatic rings. The smallest absolute Gasteiger partial charge is 0.00142 e. The molecule has 2 fully saturated rings. The van der Waals surface area contributed by atoms with E-state index in [1.165, 1.54) is 36.6 Å². The highest BCUT2D eigenvalue weighted by Gasteiger charge is 2.51. The molecule has 0 aromatic carbocycles. The van der Waals surface area contributed by atoms with Crippen molar-refractivity contribution < 1.29 is 0 Å². The molecule has 0 bridgehead atoms. The third-order valence-corrected chi connectivity index (χ3v) is 6.38. The van der Waals surface area contributed by atoms with E-state index in [4.69, 9.17) is 0 Å². The molecule has 0 spiro atoms. The molecule has 0 nitrogen and oxygen atoms in total. The Balaban J connectivity index is 1.81. The standard InChI is InChI=1S/C16H19Br/c17-15-9-8-13-11-5-2-1-4-10(11)12-6-3-7-14(15)16(12)13/h2,5,8-12,14,16H,1,3-4,6-7H2. The van der Waals surface area contributed by atoms with Crippen molar-refractivity contribution >= 4 is 15.9 Å². The zero-order chi connectivity index (χ0) is 11.4. The maximum absolute atomic E-state index is 3.81. The zero-order valence-corrected chi connectivity index (χ0v) is 11.7. The van der Waals surface area contributed by atoms with Crippen molar-refractivity contribution in [2.45, 2.75) is 32.1 Å². The zero-order valence-electron chi connectivity index (χ0n) is 10.1. The van der Waals surface area contributed by atoms with Crippen LogP contribution in [0, 0.1) is 29.6 Å². The van der Waals surface area contributed by atoms with Crippen LogP contribution in [0.3, 0.4) is 0 Å². The molecule has 0 saturated heterocycles. The summed E-state index contributed by atoms with van der Waals surface area (Å²) in [5.74, 6) is 4.42. The van der Waals surface area contributed by atoms with E-state index in [9.17, 15) is 0 Å². The van der Waals surface area contributed by atoms with E-state index in [0.717, 1.165) is 29.6 Å². The molecule has 4 aliphatic rings. The minimum Gasteiger partial charge on any atom is -0.0879 e. The SMILES string of the molecule is BrC1=CC=C2C3C=CCCC3C3CCCC1C23. The van der Waals surface area contributed by atoms with Crippen LogP contribution in [-0.2, 0) is 0 Å². The van der Waals surface area contributed by atoms with Gasteiger partial charge in [-0.25, -0.2) is 0 Å². The van der Waals surface area contributed by atoms with Crippen LogP contribution in [0.25, 0.3) is 0 Å². The molecule has 90 valence electrons. The third kappa shape index (κ3) is 1.41. The number of halogens is 1. The Morgan fingerprint density at radius 1 is 1.06 bits per heavy atom. The summed E-state index contributed by atoms with van der Waals surface area (Å²) in [6.07, 6.45) is 16.8. The lowest BCUT2D eigenvalue weighted by Gasteiger charge is -2.38. The van der Waals surface area contributed by atoms with E-state index >= 15 is 0 Å². The number of hydrogen-bond acceptors (Lipinski definition) is 0. The van der Waals surface area contributed by atoms with Gasteiger partial charge in [-0.15, -0.1) is 0 Å². The molecule has 0 aromatic heterocycles. The van der Waals surface area contributed by atoms with Crippen LogP contribution in [0.1, 0.15) is 32.1 Å².